The van der Waals surface area contributed by atoms with E-state index in [0.29, 0.717) is 12.4 Å². The molecule has 3 rings (SSSR count). The molecule has 0 unspecified atom stereocenters. The maximum absolute atomic E-state index is 12.2. The second-order valence-corrected chi connectivity index (χ2v) is 10.4. The Morgan fingerprint density at radius 3 is 2.15 bits per heavy atom. The maximum Gasteiger partial charge on any atom is 0.226 e. The zero-order valence-electron chi connectivity index (χ0n) is 20.2. The molecule has 0 spiro atoms. The second-order valence-electron chi connectivity index (χ2n) is 9.04. The summed E-state index contributed by atoms with van der Waals surface area (Å²) in [6, 6.07) is 17.2. The predicted octanol–water partition coefficient (Wildman–Crippen LogP) is 6.72. The van der Waals surface area contributed by atoms with Crippen LogP contribution in [0.25, 0.3) is 22.5 Å². The summed E-state index contributed by atoms with van der Waals surface area (Å²) in [6.07, 6.45) is 0.866. The Morgan fingerprint density at radius 2 is 1.61 bits per heavy atom. The van der Waals surface area contributed by atoms with Crippen molar-refractivity contribution < 1.29 is 4.79 Å². The molecule has 0 aliphatic rings. The van der Waals surface area contributed by atoms with Gasteiger partial charge in [-0.3, -0.25) is 4.79 Å². The highest BCUT2D eigenvalue weighted by molar-refractivity contribution is 7.99. The average Bonchev–Trinajstić information content (AvgIpc) is 3.18. The number of aryl methyl sites for hydroxylation is 2. The van der Waals surface area contributed by atoms with Crippen LogP contribution in [0, 0.1) is 19.3 Å². The van der Waals surface area contributed by atoms with Crippen molar-refractivity contribution in [2.75, 3.05) is 18.2 Å². The van der Waals surface area contributed by atoms with Crippen LogP contribution in [0.4, 0.5) is 0 Å². The third-order valence-corrected chi connectivity index (χ3v) is 7.42. The van der Waals surface area contributed by atoms with Gasteiger partial charge in [0.2, 0.25) is 5.91 Å². The van der Waals surface area contributed by atoms with E-state index in [1.165, 1.54) is 16.7 Å². The molecule has 6 heteroatoms. The fourth-order valence-electron chi connectivity index (χ4n) is 3.49. The Kier molecular flexibility index (Phi) is 8.66. The summed E-state index contributed by atoms with van der Waals surface area (Å²) in [4.78, 5) is 17.3. The minimum absolute atomic E-state index is 0.000808. The number of hydrogen-bond acceptors (Lipinski definition) is 3. The molecule has 0 saturated heterocycles. The lowest BCUT2D eigenvalue weighted by molar-refractivity contribution is -0.128. The van der Waals surface area contributed by atoms with E-state index in [4.69, 9.17) is 16.6 Å². The smallest absolute Gasteiger partial charge is 0.226 e. The lowest BCUT2D eigenvalue weighted by Crippen LogP contribution is -2.38. The van der Waals surface area contributed by atoms with Gasteiger partial charge in [-0.1, -0.05) is 71.4 Å². The molecule has 0 bridgehead atoms. The standard InChI is InChI=1S/C27H34ClN3OS/c1-6-31-24(22-14-10-20(3)11-15-22)23(21-12-8-19(2)9-13-21)30-26(31)33-17-7-16-29-25(32)27(4,5)18-28/h8-15H,6-7,16-18H2,1-5H3,(H,29,32). The zero-order valence-corrected chi connectivity index (χ0v) is 21.8. The minimum atomic E-state index is -0.543. The molecule has 3 aromatic rings. The molecular formula is C27H34ClN3OS. The summed E-state index contributed by atoms with van der Waals surface area (Å²) in [6.45, 7) is 11.6. The van der Waals surface area contributed by atoms with Gasteiger partial charge in [0.15, 0.2) is 5.16 Å². The number of aromatic nitrogens is 2. The number of nitrogens with one attached hydrogen (secondary N) is 1. The number of rotatable bonds is 10. The lowest BCUT2D eigenvalue weighted by atomic mass is 9.95. The van der Waals surface area contributed by atoms with E-state index >= 15 is 0 Å². The van der Waals surface area contributed by atoms with Gasteiger partial charge in [0.1, 0.15) is 0 Å². The summed E-state index contributed by atoms with van der Waals surface area (Å²) < 4.78 is 2.31. The molecule has 33 heavy (non-hydrogen) atoms. The monoisotopic (exact) mass is 483 g/mol. The number of amides is 1. The molecule has 1 heterocycles. The molecular weight excluding hydrogens is 450 g/mol. The number of nitrogens with zero attached hydrogens (tertiary/aromatic N) is 2. The van der Waals surface area contributed by atoms with Crippen molar-refractivity contribution in [2.45, 2.75) is 52.7 Å². The number of halogens is 1. The van der Waals surface area contributed by atoms with Gasteiger partial charge in [-0.2, -0.15) is 0 Å². The van der Waals surface area contributed by atoms with Crippen LogP contribution >= 0.6 is 23.4 Å². The third-order valence-electron chi connectivity index (χ3n) is 5.69. The molecule has 0 aliphatic carbocycles. The van der Waals surface area contributed by atoms with Crippen LogP contribution in [-0.2, 0) is 11.3 Å². The summed E-state index contributed by atoms with van der Waals surface area (Å²) in [5.41, 5.74) is 6.40. The largest absolute Gasteiger partial charge is 0.356 e. The second kappa shape index (κ2) is 11.3. The molecule has 0 aliphatic heterocycles. The van der Waals surface area contributed by atoms with Crippen molar-refractivity contribution in [3.05, 3.63) is 59.7 Å². The van der Waals surface area contributed by atoms with E-state index in [2.05, 4.69) is 79.2 Å². The summed E-state index contributed by atoms with van der Waals surface area (Å²) >= 11 is 7.64. The first-order valence-electron chi connectivity index (χ1n) is 11.5. The van der Waals surface area contributed by atoms with Gasteiger partial charge in [-0.05, 0) is 41.0 Å². The summed E-state index contributed by atoms with van der Waals surface area (Å²) in [5.74, 6) is 1.19. The first-order chi connectivity index (χ1) is 15.8. The first-order valence-corrected chi connectivity index (χ1v) is 13.0. The fraction of sp³-hybridized carbons (Fsp3) is 0.407. The van der Waals surface area contributed by atoms with Crippen molar-refractivity contribution in [2.24, 2.45) is 5.41 Å². The normalized spacial score (nSPS) is 11.6. The Bertz CT molecular complexity index is 1070. The van der Waals surface area contributed by atoms with Crippen LogP contribution in [-0.4, -0.2) is 33.6 Å². The highest BCUT2D eigenvalue weighted by atomic mass is 35.5. The van der Waals surface area contributed by atoms with Crippen molar-refractivity contribution in [1.29, 1.82) is 0 Å². The first kappa shape index (κ1) is 25.4. The number of carbonyl (C=O) groups excluding carboxylic acids is 1. The maximum atomic E-state index is 12.2. The molecule has 0 radical (unpaired) electrons. The topological polar surface area (TPSA) is 46.9 Å². The minimum Gasteiger partial charge on any atom is -0.356 e. The molecule has 4 nitrogen and oxygen atoms in total. The molecule has 0 atom stereocenters. The zero-order chi connectivity index (χ0) is 24.0. The van der Waals surface area contributed by atoms with Gasteiger partial charge in [0, 0.05) is 35.8 Å². The summed E-state index contributed by atoms with van der Waals surface area (Å²) in [5, 5.41) is 4.01. The van der Waals surface area contributed by atoms with Crippen molar-refractivity contribution >= 4 is 29.3 Å². The van der Waals surface area contributed by atoms with Crippen molar-refractivity contribution in [3.63, 3.8) is 0 Å². The van der Waals surface area contributed by atoms with Gasteiger partial charge in [0.05, 0.1) is 16.8 Å². The van der Waals surface area contributed by atoms with E-state index in [1.54, 1.807) is 11.8 Å². The number of benzene rings is 2. The SMILES string of the molecule is CCn1c(SCCCNC(=O)C(C)(C)CCl)nc(-c2ccc(C)cc2)c1-c1ccc(C)cc1. The van der Waals surface area contributed by atoms with E-state index in [0.717, 1.165) is 40.8 Å². The lowest BCUT2D eigenvalue weighted by Gasteiger charge is -2.20. The number of carbonyl (C=O) groups is 1. The van der Waals surface area contributed by atoms with Crippen LogP contribution in [0.3, 0.4) is 0 Å². The molecule has 1 amide bonds. The van der Waals surface area contributed by atoms with Crippen LogP contribution in [0.5, 0.6) is 0 Å². The fourth-order valence-corrected chi connectivity index (χ4v) is 4.61. The summed E-state index contributed by atoms with van der Waals surface area (Å²) in [7, 11) is 0. The third kappa shape index (κ3) is 6.21. The Balaban J connectivity index is 1.82. The Hall–Kier alpha value is -2.24. The molecule has 1 N–H and O–H groups in total. The Morgan fingerprint density at radius 1 is 1.03 bits per heavy atom. The van der Waals surface area contributed by atoms with Gasteiger partial charge >= 0.3 is 0 Å². The molecule has 1 aromatic heterocycles. The molecule has 0 fully saturated rings. The van der Waals surface area contributed by atoms with Crippen LogP contribution in [0.15, 0.2) is 53.7 Å². The van der Waals surface area contributed by atoms with Gasteiger partial charge in [0.25, 0.3) is 0 Å². The van der Waals surface area contributed by atoms with E-state index in [-0.39, 0.29) is 5.91 Å². The Labute approximate surface area is 207 Å². The molecule has 0 saturated carbocycles. The highest BCUT2D eigenvalue weighted by Crippen LogP contribution is 2.36. The molecule has 2 aromatic carbocycles. The number of alkyl halides is 1. The average molecular weight is 484 g/mol. The van der Waals surface area contributed by atoms with E-state index in [9.17, 15) is 4.79 Å². The molecule has 176 valence electrons. The van der Waals surface area contributed by atoms with Crippen molar-refractivity contribution in [1.82, 2.24) is 14.9 Å². The van der Waals surface area contributed by atoms with Crippen LogP contribution in [0.2, 0.25) is 0 Å². The van der Waals surface area contributed by atoms with Gasteiger partial charge in [-0.25, -0.2) is 4.98 Å². The van der Waals surface area contributed by atoms with Crippen LogP contribution in [0.1, 0.15) is 38.3 Å². The van der Waals surface area contributed by atoms with Crippen LogP contribution < -0.4 is 5.32 Å². The number of thioether (sulfide) groups is 1. The van der Waals surface area contributed by atoms with Gasteiger partial charge in [-0.15, -0.1) is 11.6 Å². The van der Waals surface area contributed by atoms with Gasteiger partial charge < -0.3 is 9.88 Å². The van der Waals surface area contributed by atoms with Crippen molar-refractivity contribution in [3.8, 4) is 22.5 Å². The van der Waals surface area contributed by atoms with E-state index < -0.39 is 5.41 Å². The number of imidazole rings is 1. The van der Waals surface area contributed by atoms with E-state index in [1.807, 2.05) is 13.8 Å². The highest BCUT2D eigenvalue weighted by Gasteiger charge is 2.26. The number of hydrogen-bond donors (Lipinski definition) is 1. The predicted molar refractivity (Wildman–Crippen MR) is 141 cm³/mol. The quantitative estimate of drug-likeness (QED) is 0.198.